The summed E-state index contributed by atoms with van der Waals surface area (Å²) >= 11 is 0. The quantitative estimate of drug-likeness (QED) is 0.304. The number of rotatable bonds is 8. The van der Waals surface area contributed by atoms with Gasteiger partial charge in [0.15, 0.2) is 11.4 Å². The monoisotopic (exact) mass is 525 g/mol. The molecule has 10 heteroatoms. The van der Waals surface area contributed by atoms with Gasteiger partial charge < -0.3 is 20.5 Å². The van der Waals surface area contributed by atoms with Crippen LogP contribution in [0.2, 0.25) is 0 Å². The van der Waals surface area contributed by atoms with Crippen molar-refractivity contribution >= 4 is 17.4 Å². The van der Waals surface area contributed by atoms with Gasteiger partial charge in [-0.1, -0.05) is 49.9 Å². The lowest BCUT2D eigenvalue weighted by Gasteiger charge is -2.55. The van der Waals surface area contributed by atoms with Gasteiger partial charge in [-0.25, -0.2) is 9.67 Å². The number of nitrogens with two attached hydrogens (primary N) is 1. The fourth-order valence-corrected chi connectivity index (χ4v) is 5.09. The molecule has 1 aromatic heterocycles. The molecule has 1 fully saturated rings. The highest BCUT2D eigenvalue weighted by molar-refractivity contribution is 5.84. The summed E-state index contributed by atoms with van der Waals surface area (Å²) in [5.41, 5.74) is 5.53. The first-order valence-electron chi connectivity index (χ1n) is 12.5. The van der Waals surface area contributed by atoms with Gasteiger partial charge in [0.25, 0.3) is 0 Å². The molecule has 0 spiro atoms. The number of para-hydroxylation sites is 2. The summed E-state index contributed by atoms with van der Waals surface area (Å²) in [6.45, 7) is 7.52. The normalized spacial score (nSPS) is 22.9. The summed E-state index contributed by atoms with van der Waals surface area (Å²) in [6.07, 6.45) is -2.13. The molecular weight excluding hydrogens is 495 g/mol. The van der Waals surface area contributed by atoms with E-state index in [1.807, 2.05) is 49.4 Å². The molecule has 200 valence electrons. The Bertz CT molecular complexity index is 1370. The maximum atomic E-state index is 14.4. The molecule has 3 N–H and O–H groups in total. The predicted molar refractivity (Wildman–Crippen MR) is 140 cm³/mol. The highest BCUT2D eigenvalue weighted by Crippen LogP contribution is 2.57. The van der Waals surface area contributed by atoms with Crippen molar-refractivity contribution in [3.63, 3.8) is 0 Å². The number of alkyl halides is 3. The minimum atomic E-state index is -4.61. The van der Waals surface area contributed by atoms with E-state index in [0.717, 1.165) is 17.7 Å². The first-order chi connectivity index (χ1) is 18.1. The molecule has 2 unspecified atom stereocenters. The highest BCUT2D eigenvalue weighted by Gasteiger charge is 2.68. The van der Waals surface area contributed by atoms with Crippen LogP contribution in [0.15, 0.2) is 66.3 Å². The van der Waals surface area contributed by atoms with Crippen LogP contribution in [0.25, 0.3) is 11.4 Å². The predicted octanol–water partition coefficient (Wildman–Crippen LogP) is 5.40. The summed E-state index contributed by atoms with van der Waals surface area (Å²) in [5.74, 6) is 1.37. The van der Waals surface area contributed by atoms with E-state index in [-0.39, 0.29) is 12.1 Å². The molecule has 38 heavy (non-hydrogen) atoms. The zero-order valence-electron chi connectivity index (χ0n) is 21.3. The summed E-state index contributed by atoms with van der Waals surface area (Å²) in [5, 5.41) is 7.26. The molecule has 0 saturated carbocycles. The molecule has 2 aromatic carbocycles. The second-order valence-electron chi connectivity index (χ2n) is 9.81. The topological polar surface area (TPSA) is 86.7 Å². The third-order valence-corrected chi connectivity index (χ3v) is 7.11. The molecule has 2 aliphatic heterocycles. The van der Waals surface area contributed by atoms with Crippen LogP contribution in [0.3, 0.4) is 0 Å². The number of hydrogen-bond donors (Lipinski definition) is 2. The lowest BCUT2D eigenvalue weighted by atomic mass is 9.74. The van der Waals surface area contributed by atoms with Crippen molar-refractivity contribution in [3.8, 4) is 11.4 Å². The molecule has 7 nitrogen and oxygen atoms in total. The minimum Gasteiger partial charge on any atom is -0.493 e. The molecule has 5 rings (SSSR count). The Morgan fingerprint density at radius 3 is 2.63 bits per heavy atom. The third-order valence-electron chi connectivity index (χ3n) is 7.11. The van der Waals surface area contributed by atoms with Crippen LogP contribution in [-0.2, 0) is 16.8 Å². The maximum absolute atomic E-state index is 14.4. The zero-order valence-corrected chi connectivity index (χ0v) is 21.3. The van der Waals surface area contributed by atoms with Crippen molar-refractivity contribution in [1.82, 2.24) is 15.1 Å². The Balaban J connectivity index is 1.39. The number of nitrogens with one attached hydrogen (secondary N) is 1. The SMILES string of the molecule is C=C(NCC1(C(F)(F)F)CC(C)(c2cccc3c2OCC3)O1)c1cnn(-c2ccccc2)c1/N=C(\N)CC. The van der Waals surface area contributed by atoms with E-state index in [4.69, 9.17) is 15.2 Å². The van der Waals surface area contributed by atoms with Crippen molar-refractivity contribution < 1.29 is 22.6 Å². The zero-order chi connectivity index (χ0) is 27.1. The van der Waals surface area contributed by atoms with Gasteiger partial charge in [-0.2, -0.15) is 18.3 Å². The number of hydrogen-bond acceptors (Lipinski definition) is 5. The van der Waals surface area contributed by atoms with Crippen LogP contribution in [0, 0.1) is 0 Å². The van der Waals surface area contributed by atoms with Gasteiger partial charge in [0.05, 0.1) is 36.2 Å². The molecule has 3 heterocycles. The van der Waals surface area contributed by atoms with Gasteiger partial charge in [-0.3, -0.25) is 0 Å². The van der Waals surface area contributed by atoms with Crippen LogP contribution in [0.5, 0.6) is 5.75 Å². The number of amidine groups is 1. The lowest BCUT2D eigenvalue weighted by molar-refractivity contribution is -0.382. The summed E-state index contributed by atoms with van der Waals surface area (Å²) in [4.78, 5) is 4.48. The molecule has 3 aromatic rings. The number of halogens is 3. The molecule has 1 saturated heterocycles. The first-order valence-corrected chi connectivity index (χ1v) is 12.5. The summed E-state index contributed by atoms with van der Waals surface area (Å²) in [7, 11) is 0. The Morgan fingerprint density at radius 2 is 1.95 bits per heavy atom. The maximum Gasteiger partial charge on any atom is 0.419 e. The fraction of sp³-hybridized carbons (Fsp3) is 0.357. The summed E-state index contributed by atoms with van der Waals surface area (Å²) < 4.78 is 56.2. The van der Waals surface area contributed by atoms with Crippen LogP contribution in [0.4, 0.5) is 19.0 Å². The molecule has 0 aliphatic carbocycles. The Morgan fingerprint density at radius 1 is 1.21 bits per heavy atom. The standard InChI is InChI=1S/C28H30F3N5O2/c1-4-23(32)35-25-21(15-34-36(25)20-10-6-5-7-11-20)18(2)33-17-27(28(29,30)31)16-26(3,38-27)22-12-8-9-19-13-14-37-24(19)22/h5-12,15,33H,2,4,13-14,16-17H2,1,3H3,(H2,32,35). The Hall–Kier alpha value is -3.79. The smallest absolute Gasteiger partial charge is 0.419 e. The van der Waals surface area contributed by atoms with E-state index in [1.165, 1.54) is 6.20 Å². The largest absolute Gasteiger partial charge is 0.493 e. The average Bonchev–Trinajstić information content (AvgIpc) is 3.52. The van der Waals surface area contributed by atoms with E-state index in [9.17, 15) is 13.2 Å². The highest BCUT2D eigenvalue weighted by atomic mass is 19.4. The second kappa shape index (κ2) is 9.50. The van der Waals surface area contributed by atoms with Crippen molar-refractivity contribution in [3.05, 3.63) is 78.0 Å². The van der Waals surface area contributed by atoms with Crippen LogP contribution >= 0.6 is 0 Å². The molecule has 2 atom stereocenters. The van der Waals surface area contributed by atoms with Crippen LogP contribution in [-0.4, -0.2) is 40.5 Å². The van der Waals surface area contributed by atoms with Crippen molar-refractivity contribution in [2.24, 2.45) is 10.7 Å². The van der Waals surface area contributed by atoms with E-state index in [1.54, 1.807) is 17.7 Å². The Labute approximate surface area is 219 Å². The molecule has 0 radical (unpaired) electrons. The number of aliphatic imine (C=N–C) groups is 1. The van der Waals surface area contributed by atoms with E-state index < -0.39 is 23.9 Å². The van der Waals surface area contributed by atoms with Gasteiger partial charge >= 0.3 is 6.18 Å². The van der Waals surface area contributed by atoms with Crippen molar-refractivity contribution in [2.75, 3.05) is 13.2 Å². The average molecular weight is 526 g/mol. The van der Waals surface area contributed by atoms with Gasteiger partial charge in [0, 0.05) is 30.5 Å². The molecule has 0 amide bonds. The molecule has 0 bridgehead atoms. The molecule has 2 aliphatic rings. The van der Waals surface area contributed by atoms with Gasteiger partial charge in [-0.15, -0.1) is 0 Å². The third kappa shape index (κ3) is 4.42. The van der Waals surface area contributed by atoms with Crippen molar-refractivity contribution in [1.29, 1.82) is 0 Å². The van der Waals surface area contributed by atoms with Crippen LogP contribution < -0.4 is 15.8 Å². The minimum absolute atomic E-state index is 0.236. The fourth-order valence-electron chi connectivity index (χ4n) is 5.09. The lowest BCUT2D eigenvalue weighted by Crippen LogP contribution is -2.68. The summed E-state index contributed by atoms with van der Waals surface area (Å²) in [6, 6.07) is 14.8. The molecular formula is C28H30F3N5O2. The van der Waals surface area contributed by atoms with Crippen LogP contribution in [0.1, 0.15) is 43.4 Å². The van der Waals surface area contributed by atoms with Gasteiger partial charge in [-0.05, 0) is 24.6 Å². The number of fused-ring (bicyclic) bond motifs is 1. The second-order valence-corrected chi connectivity index (χ2v) is 9.81. The van der Waals surface area contributed by atoms with Gasteiger partial charge in [0.2, 0.25) is 0 Å². The number of benzene rings is 2. The van der Waals surface area contributed by atoms with E-state index in [2.05, 4.69) is 22.0 Å². The number of ether oxygens (including phenoxy) is 2. The van der Waals surface area contributed by atoms with Gasteiger partial charge in [0.1, 0.15) is 11.6 Å². The van der Waals surface area contributed by atoms with E-state index in [0.29, 0.717) is 41.6 Å². The number of nitrogens with zero attached hydrogens (tertiary/aromatic N) is 3. The van der Waals surface area contributed by atoms with Crippen molar-refractivity contribution in [2.45, 2.75) is 50.5 Å². The Kier molecular flexibility index (Phi) is 6.46. The first kappa shape index (κ1) is 25.8. The van der Waals surface area contributed by atoms with E-state index >= 15 is 0 Å². The number of aromatic nitrogens is 2.